The van der Waals surface area contributed by atoms with E-state index < -0.39 is 5.91 Å². The molecule has 2 N–H and O–H groups in total. The number of para-hydroxylation sites is 1. The van der Waals surface area contributed by atoms with E-state index in [0.717, 1.165) is 37.2 Å². The smallest absolute Gasteiger partial charge is 0.276 e. The number of morpholine rings is 1. The topological polar surface area (TPSA) is 79.9 Å². The van der Waals surface area contributed by atoms with Crippen molar-refractivity contribution in [1.29, 1.82) is 0 Å². The second-order valence-corrected chi connectivity index (χ2v) is 7.90. The molecule has 1 fully saturated rings. The minimum Gasteiger partial charge on any atom is -0.483 e. The molecule has 0 aromatic heterocycles. The number of benzene rings is 2. The molecule has 2 aromatic carbocycles. The molecular weight excluding hydrogens is 394 g/mol. The summed E-state index contributed by atoms with van der Waals surface area (Å²) in [4.78, 5) is 26.7. The summed E-state index contributed by atoms with van der Waals surface area (Å²) in [6, 6.07) is 15.0. The van der Waals surface area contributed by atoms with Gasteiger partial charge in [-0.3, -0.25) is 25.3 Å². The summed E-state index contributed by atoms with van der Waals surface area (Å²) in [5.41, 5.74) is 7.46. The maximum atomic E-state index is 12.3. The van der Waals surface area contributed by atoms with Crippen LogP contribution in [0.1, 0.15) is 42.3 Å². The van der Waals surface area contributed by atoms with Crippen molar-refractivity contribution in [1.82, 2.24) is 15.8 Å². The fourth-order valence-electron chi connectivity index (χ4n) is 3.75. The summed E-state index contributed by atoms with van der Waals surface area (Å²) in [5.74, 6) is -0.125. The first kappa shape index (κ1) is 22.8. The van der Waals surface area contributed by atoms with Gasteiger partial charge in [-0.25, -0.2) is 0 Å². The second kappa shape index (κ2) is 10.9. The summed E-state index contributed by atoms with van der Waals surface area (Å²) >= 11 is 0. The highest BCUT2D eigenvalue weighted by atomic mass is 16.5. The van der Waals surface area contributed by atoms with E-state index in [-0.39, 0.29) is 24.7 Å². The molecule has 7 heteroatoms. The third kappa shape index (κ3) is 6.80. The number of ether oxygens (including phenoxy) is 2. The Morgan fingerprint density at radius 1 is 1.03 bits per heavy atom. The van der Waals surface area contributed by atoms with Crippen molar-refractivity contribution in [3.8, 4) is 5.75 Å². The number of hydrogen-bond donors (Lipinski definition) is 2. The van der Waals surface area contributed by atoms with E-state index in [4.69, 9.17) is 9.47 Å². The molecule has 0 saturated carbocycles. The standard InChI is InChI=1S/C24H31N3O4/c1-4-20-7-5-6-8-22(20)30-16-23(28)25-26-24(29)21-11-9-19(10-12-21)15-27-13-17(2)31-18(3)14-27/h5-12,17-18H,4,13-16H2,1-3H3,(H,25,28)(H,26,29). The third-order valence-electron chi connectivity index (χ3n) is 5.15. The number of rotatable bonds is 7. The predicted octanol–water partition coefficient (Wildman–Crippen LogP) is 2.70. The van der Waals surface area contributed by atoms with Gasteiger partial charge in [-0.05, 0) is 49.6 Å². The molecule has 0 bridgehead atoms. The monoisotopic (exact) mass is 425 g/mol. The van der Waals surface area contributed by atoms with Crippen LogP contribution in [0.25, 0.3) is 0 Å². The van der Waals surface area contributed by atoms with Crippen LogP contribution >= 0.6 is 0 Å². The minimum absolute atomic E-state index is 0.174. The Balaban J connectivity index is 1.44. The third-order valence-corrected chi connectivity index (χ3v) is 5.15. The molecule has 1 heterocycles. The lowest BCUT2D eigenvalue weighted by molar-refractivity contribution is -0.123. The Kier molecular flexibility index (Phi) is 8.03. The van der Waals surface area contributed by atoms with E-state index in [9.17, 15) is 9.59 Å². The van der Waals surface area contributed by atoms with Crippen molar-refractivity contribution in [2.45, 2.75) is 45.9 Å². The number of carbonyl (C=O) groups is 2. The maximum absolute atomic E-state index is 12.3. The van der Waals surface area contributed by atoms with Crippen LogP contribution in [0.4, 0.5) is 0 Å². The minimum atomic E-state index is -0.425. The number of nitrogens with zero attached hydrogens (tertiary/aromatic N) is 1. The first-order chi connectivity index (χ1) is 14.9. The number of aryl methyl sites for hydroxylation is 1. The lowest BCUT2D eigenvalue weighted by Gasteiger charge is -2.35. The molecule has 0 radical (unpaired) electrons. The Hall–Kier alpha value is -2.90. The van der Waals surface area contributed by atoms with Crippen LogP contribution in [-0.4, -0.2) is 48.6 Å². The number of amides is 2. The molecule has 1 aliphatic rings. The van der Waals surface area contributed by atoms with Crippen molar-refractivity contribution in [3.63, 3.8) is 0 Å². The van der Waals surface area contributed by atoms with Crippen molar-refractivity contribution in [2.75, 3.05) is 19.7 Å². The van der Waals surface area contributed by atoms with E-state index in [1.807, 2.05) is 43.3 Å². The molecule has 166 valence electrons. The van der Waals surface area contributed by atoms with Crippen LogP contribution in [0.15, 0.2) is 48.5 Å². The van der Waals surface area contributed by atoms with Crippen molar-refractivity contribution in [2.24, 2.45) is 0 Å². The molecule has 2 unspecified atom stereocenters. The molecular formula is C24H31N3O4. The van der Waals surface area contributed by atoms with Gasteiger partial charge < -0.3 is 9.47 Å². The number of hydrazine groups is 1. The summed E-state index contributed by atoms with van der Waals surface area (Å²) < 4.78 is 11.3. The zero-order valence-corrected chi connectivity index (χ0v) is 18.4. The van der Waals surface area contributed by atoms with E-state index in [1.165, 1.54) is 0 Å². The predicted molar refractivity (Wildman–Crippen MR) is 119 cm³/mol. The van der Waals surface area contributed by atoms with E-state index in [1.54, 1.807) is 12.1 Å². The fourth-order valence-corrected chi connectivity index (χ4v) is 3.75. The zero-order valence-electron chi connectivity index (χ0n) is 18.4. The van der Waals surface area contributed by atoms with Crippen molar-refractivity contribution >= 4 is 11.8 Å². The quantitative estimate of drug-likeness (QED) is 0.667. The molecule has 1 aliphatic heterocycles. The van der Waals surface area contributed by atoms with E-state index in [0.29, 0.717) is 11.3 Å². The number of carbonyl (C=O) groups excluding carboxylic acids is 2. The summed E-state index contributed by atoms with van der Waals surface area (Å²) in [6.07, 6.45) is 1.25. The van der Waals surface area contributed by atoms with Gasteiger partial charge in [0.05, 0.1) is 12.2 Å². The summed E-state index contributed by atoms with van der Waals surface area (Å²) in [5, 5.41) is 0. The largest absolute Gasteiger partial charge is 0.483 e. The molecule has 0 aliphatic carbocycles. The van der Waals surface area contributed by atoms with E-state index in [2.05, 4.69) is 29.6 Å². The van der Waals surface area contributed by atoms with Gasteiger partial charge in [-0.2, -0.15) is 0 Å². The van der Waals surface area contributed by atoms with Crippen LogP contribution in [-0.2, 0) is 22.5 Å². The lowest BCUT2D eigenvalue weighted by atomic mass is 10.1. The van der Waals surface area contributed by atoms with Gasteiger partial charge in [0.1, 0.15) is 5.75 Å². The normalized spacial score (nSPS) is 18.9. The van der Waals surface area contributed by atoms with Gasteiger partial charge in [-0.15, -0.1) is 0 Å². The van der Waals surface area contributed by atoms with Crippen molar-refractivity contribution < 1.29 is 19.1 Å². The highest BCUT2D eigenvalue weighted by Crippen LogP contribution is 2.18. The average Bonchev–Trinajstić information content (AvgIpc) is 2.76. The zero-order chi connectivity index (χ0) is 22.2. The van der Waals surface area contributed by atoms with Gasteiger partial charge in [0, 0.05) is 25.2 Å². The van der Waals surface area contributed by atoms with Crippen LogP contribution < -0.4 is 15.6 Å². The van der Waals surface area contributed by atoms with Gasteiger partial charge >= 0.3 is 0 Å². The average molecular weight is 426 g/mol. The first-order valence-electron chi connectivity index (χ1n) is 10.7. The number of nitrogens with one attached hydrogen (secondary N) is 2. The molecule has 1 saturated heterocycles. The maximum Gasteiger partial charge on any atom is 0.276 e. The summed E-state index contributed by atoms with van der Waals surface area (Å²) in [7, 11) is 0. The molecule has 2 amide bonds. The second-order valence-electron chi connectivity index (χ2n) is 7.90. The number of hydrogen-bond acceptors (Lipinski definition) is 5. The van der Waals surface area contributed by atoms with Gasteiger partial charge in [0.2, 0.25) is 0 Å². The van der Waals surface area contributed by atoms with Crippen LogP contribution in [0.2, 0.25) is 0 Å². The van der Waals surface area contributed by atoms with Crippen LogP contribution in [0, 0.1) is 0 Å². The lowest BCUT2D eigenvalue weighted by Crippen LogP contribution is -2.44. The highest BCUT2D eigenvalue weighted by molar-refractivity contribution is 5.95. The Labute approximate surface area is 183 Å². The SMILES string of the molecule is CCc1ccccc1OCC(=O)NNC(=O)c1ccc(CN2CC(C)OC(C)C2)cc1. The van der Waals surface area contributed by atoms with Crippen LogP contribution in [0.5, 0.6) is 5.75 Å². The molecule has 7 nitrogen and oxygen atoms in total. The molecule has 2 aromatic rings. The summed E-state index contributed by atoms with van der Waals surface area (Å²) in [6.45, 7) is 8.61. The van der Waals surface area contributed by atoms with E-state index >= 15 is 0 Å². The Morgan fingerprint density at radius 2 is 1.71 bits per heavy atom. The highest BCUT2D eigenvalue weighted by Gasteiger charge is 2.22. The Bertz CT molecular complexity index is 875. The Morgan fingerprint density at radius 3 is 2.39 bits per heavy atom. The van der Waals surface area contributed by atoms with Crippen molar-refractivity contribution in [3.05, 3.63) is 65.2 Å². The molecule has 0 spiro atoms. The molecule has 2 atom stereocenters. The van der Waals surface area contributed by atoms with Gasteiger partial charge in [-0.1, -0.05) is 37.3 Å². The molecule has 3 rings (SSSR count). The fraction of sp³-hybridized carbons (Fsp3) is 0.417. The van der Waals surface area contributed by atoms with Gasteiger partial charge in [0.15, 0.2) is 6.61 Å². The molecule has 31 heavy (non-hydrogen) atoms. The van der Waals surface area contributed by atoms with Gasteiger partial charge in [0.25, 0.3) is 11.8 Å². The first-order valence-corrected chi connectivity index (χ1v) is 10.7. The van der Waals surface area contributed by atoms with Crippen LogP contribution in [0.3, 0.4) is 0 Å².